The van der Waals surface area contributed by atoms with E-state index in [-0.39, 0.29) is 23.8 Å². The Morgan fingerprint density at radius 3 is 2.57 bits per heavy atom. The molecule has 0 bridgehead atoms. The van der Waals surface area contributed by atoms with Crippen molar-refractivity contribution in [3.05, 3.63) is 46.8 Å². The number of H-pyrrole nitrogens is 1. The molecule has 1 aliphatic carbocycles. The molecule has 1 fully saturated rings. The van der Waals surface area contributed by atoms with E-state index in [1.54, 1.807) is 13.0 Å². The number of nitrogens with zero attached hydrogens (tertiary/aromatic N) is 3. The molecule has 23 heavy (non-hydrogen) atoms. The minimum atomic E-state index is -4.45. The molecule has 8 heteroatoms. The summed E-state index contributed by atoms with van der Waals surface area (Å²) in [5.41, 5.74) is -0.0390. The maximum Gasteiger partial charge on any atom is 0.416 e. The number of alkyl halides is 3. The predicted octanol–water partition coefficient (Wildman–Crippen LogP) is 2.94. The van der Waals surface area contributed by atoms with Crippen LogP contribution < -0.4 is 0 Å². The number of aromatic amines is 1. The summed E-state index contributed by atoms with van der Waals surface area (Å²) in [4.78, 5) is 14.0. The third-order valence-corrected chi connectivity index (χ3v) is 3.84. The van der Waals surface area contributed by atoms with Crippen molar-refractivity contribution in [3.8, 4) is 0 Å². The van der Waals surface area contributed by atoms with Gasteiger partial charge in [0.15, 0.2) is 5.69 Å². The van der Waals surface area contributed by atoms with Crippen molar-refractivity contribution < 1.29 is 18.0 Å². The minimum Gasteiger partial charge on any atom is -0.330 e. The number of hydrogen-bond acceptors (Lipinski definition) is 3. The molecule has 0 radical (unpaired) electrons. The number of aryl methyl sites for hydroxylation is 1. The smallest absolute Gasteiger partial charge is 0.330 e. The van der Waals surface area contributed by atoms with E-state index in [4.69, 9.17) is 0 Å². The molecule has 1 amide bonds. The van der Waals surface area contributed by atoms with Gasteiger partial charge in [-0.05, 0) is 31.4 Å². The van der Waals surface area contributed by atoms with Gasteiger partial charge >= 0.3 is 6.18 Å². The molecule has 0 saturated heterocycles. The van der Waals surface area contributed by atoms with Crippen LogP contribution in [0.25, 0.3) is 0 Å². The number of amides is 1. The van der Waals surface area contributed by atoms with Gasteiger partial charge in [0.05, 0.1) is 11.3 Å². The Kier molecular flexibility index (Phi) is 3.83. The largest absolute Gasteiger partial charge is 0.416 e. The Morgan fingerprint density at radius 2 is 2.00 bits per heavy atom. The van der Waals surface area contributed by atoms with Crippen LogP contribution in [0.2, 0.25) is 0 Å². The van der Waals surface area contributed by atoms with Gasteiger partial charge in [-0.15, -0.1) is 0 Å². The molecule has 5 nitrogen and oxygen atoms in total. The van der Waals surface area contributed by atoms with E-state index in [1.165, 1.54) is 17.0 Å². The van der Waals surface area contributed by atoms with E-state index in [0.29, 0.717) is 5.69 Å². The number of hydrogen-bond donors (Lipinski definition) is 1. The fraction of sp³-hybridized carbons (Fsp3) is 0.400. The van der Waals surface area contributed by atoms with Crippen LogP contribution in [-0.4, -0.2) is 32.3 Å². The van der Waals surface area contributed by atoms with Gasteiger partial charge in [-0.1, -0.05) is 18.2 Å². The Morgan fingerprint density at radius 1 is 1.30 bits per heavy atom. The van der Waals surface area contributed by atoms with Crippen LogP contribution in [0.4, 0.5) is 13.2 Å². The molecular formula is C15H15F3N4O. The Hall–Kier alpha value is -2.38. The minimum absolute atomic E-state index is 0.0418. The topological polar surface area (TPSA) is 61.9 Å². The van der Waals surface area contributed by atoms with E-state index >= 15 is 0 Å². The molecule has 1 aliphatic rings. The highest BCUT2D eigenvalue weighted by molar-refractivity contribution is 5.93. The maximum absolute atomic E-state index is 13.1. The van der Waals surface area contributed by atoms with Gasteiger partial charge in [0.25, 0.3) is 5.91 Å². The zero-order chi connectivity index (χ0) is 16.6. The number of carbonyl (C=O) groups is 1. The monoisotopic (exact) mass is 324 g/mol. The molecule has 0 unspecified atom stereocenters. The van der Waals surface area contributed by atoms with Gasteiger partial charge < -0.3 is 4.90 Å². The molecule has 1 saturated carbocycles. The number of carbonyl (C=O) groups excluding carboxylic acids is 1. The Balaban J connectivity index is 1.90. The van der Waals surface area contributed by atoms with E-state index in [2.05, 4.69) is 15.4 Å². The second kappa shape index (κ2) is 5.68. The normalized spacial score (nSPS) is 14.8. The number of aromatic nitrogens is 3. The second-order valence-corrected chi connectivity index (χ2v) is 5.58. The average molecular weight is 324 g/mol. The van der Waals surface area contributed by atoms with Crippen molar-refractivity contribution >= 4 is 5.91 Å². The highest BCUT2D eigenvalue weighted by Gasteiger charge is 2.38. The highest BCUT2D eigenvalue weighted by atomic mass is 19.4. The molecular weight excluding hydrogens is 309 g/mol. The lowest BCUT2D eigenvalue weighted by Crippen LogP contribution is -2.34. The standard InChI is InChI=1S/C15H15F3N4O/c1-9-13(20-21-19-9)14(23)22(11-6-7-11)8-10-4-2-3-5-12(10)15(16,17)18/h2-5,11H,6-8H2,1H3,(H,19,20,21). The molecule has 1 aromatic heterocycles. The fourth-order valence-electron chi connectivity index (χ4n) is 2.49. The summed E-state index contributed by atoms with van der Waals surface area (Å²) in [6.45, 7) is 1.54. The first-order valence-corrected chi connectivity index (χ1v) is 7.21. The number of rotatable bonds is 4. The van der Waals surface area contributed by atoms with Gasteiger partial charge in [-0.2, -0.15) is 28.6 Å². The lowest BCUT2D eigenvalue weighted by atomic mass is 10.1. The second-order valence-electron chi connectivity index (χ2n) is 5.58. The fourth-order valence-corrected chi connectivity index (χ4v) is 2.49. The van der Waals surface area contributed by atoms with Crippen molar-refractivity contribution in [1.29, 1.82) is 0 Å². The first-order valence-electron chi connectivity index (χ1n) is 7.21. The van der Waals surface area contributed by atoms with Crippen LogP contribution in [0.3, 0.4) is 0 Å². The molecule has 2 aromatic rings. The summed E-state index contributed by atoms with van der Waals surface area (Å²) < 4.78 is 39.4. The number of nitrogens with one attached hydrogen (secondary N) is 1. The van der Waals surface area contributed by atoms with Crippen molar-refractivity contribution in [2.24, 2.45) is 0 Å². The van der Waals surface area contributed by atoms with E-state index in [9.17, 15) is 18.0 Å². The molecule has 0 spiro atoms. The third kappa shape index (κ3) is 3.20. The van der Waals surface area contributed by atoms with Crippen molar-refractivity contribution in [1.82, 2.24) is 20.3 Å². The van der Waals surface area contributed by atoms with Gasteiger partial charge in [0.1, 0.15) is 0 Å². The summed E-state index contributed by atoms with van der Waals surface area (Å²) in [5.74, 6) is -0.393. The van der Waals surface area contributed by atoms with Gasteiger partial charge in [0, 0.05) is 12.6 Å². The molecule has 122 valence electrons. The molecule has 1 heterocycles. The molecule has 0 aliphatic heterocycles. The summed E-state index contributed by atoms with van der Waals surface area (Å²) in [6.07, 6.45) is -2.87. The first kappa shape index (κ1) is 15.5. The lowest BCUT2D eigenvalue weighted by molar-refractivity contribution is -0.138. The van der Waals surface area contributed by atoms with Gasteiger partial charge in [-0.25, -0.2) is 0 Å². The van der Waals surface area contributed by atoms with Crippen molar-refractivity contribution in [2.45, 2.75) is 38.5 Å². The number of benzene rings is 1. The average Bonchev–Trinajstić information content (AvgIpc) is 3.25. The first-order chi connectivity index (χ1) is 10.9. The van der Waals surface area contributed by atoms with Crippen LogP contribution in [0.5, 0.6) is 0 Å². The Labute approximate surface area is 130 Å². The van der Waals surface area contributed by atoms with Crippen LogP contribution in [0.15, 0.2) is 24.3 Å². The highest BCUT2D eigenvalue weighted by Crippen LogP contribution is 2.35. The van der Waals surface area contributed by atoms with Crippen LogP contribution in [-0.2, 0) is 12.7 Å². The zero-order valence-corrected chi connectivity index (χ0v) is 12.4. The predicted molar refractivity (Wildman–Crippen MR) is 75.5 cm³/mol. The summed E-state index contributed by atoms with van der Waals surface area (Å²) in [5, 5.41) is 9.98. The van der Waals surface area contributed by atoms with Crippen LogP contribution >= 0.6 is 0 Å². The van der Waals surface area contributed by atoms with Crippen molar-refractivity contribution in [2.75, 3.05) is 0 Å². The molecule has 1 aromatic carbocycles. The number of halogens is 3. The zero-order valence-electron chi connectivity index (χ0n) is 12.4. The lowest BCUT2D eigenvalue weighted by Gasteiger charge is -2.23. The van der Waals surface area contributed by atoms with Crippen LogP contribution in [0.1, 0.15) is 40.2 Å². The molecule has 3 rings (SSSR count). The SMILES string of the molecule is Cc1n[nH]nc1C(=O)N(Cc1ccccc1C(F)(F)F)C1CC1. The maximum atomic E-state index is 13.1. The van der Waals surface area contributed by atoms with Crippen molar-refractivity contribution in [3.63, 3.8) is 0 Å². The van der Waals surface area contributed by atoms with Gasteiger partial charge in [0.2, 0.25) is 0 Å². The van der Waals surface area contributed by atoms with Gasteiger partial charge in [-0.3, -0.25) is 4.79 Å². The molecule has 1 N–H and O–H groups in total. The van der Waals surface area contributed by atoms with E-state index in [1.807, 2.05) is 0 Å². The van der Waals surface area contributed by atoms with E-state index in [0.717, 1.165) is 18.9 Å². The summed E-state index contributed by atoms with van der Waals surface area (Å²) in [6, 6.07) is 5.28. The van der Waals surface area contributed by atoms with E-state index < -0.39 is 17.6 Å². The third-order valence-electron chi connectivity index (χ3n) is 3.84. The quantitative estimate of drug-likeness (QED) is 0.940. The Bertz CT molecular complexity index is 722. The summed E-state index contributed by atoms with van der Waals surface area (Å²) in [7, 11) is 0. The summed E-state index contributed by atoms with van der Waals surface area (Å²) >= 11 is 0. The molecule has 0 atom stereocenters. The van der Waals surface area contributed by atoms with Crippen LogP contribution in [0, 0.1) is 6.92 Å².